The number of Topliss-reactive ketones (excluding diaryl/α,β-unsaturated/α-hetero) is 1. The molecule has 0 radical (unpaired) electrons. The first kappa shape index (κ1) is 23.6. The van der Waals surface area contributed by atoms with E-state index < -0.39 is 35.9 Å². The first-order valence-electron chi connectivity index (χ1n) is 9.79. The number of carbonyl (C=O) groups is 4. The van der Waals surface area contributed by atoms with Crippen LogP contribution in [0.3, 0.4) is 0 Å². The summed E-state index contributed by atoms with van der Waals surface area (Å²) in [5.74, 6) is -1.86. The molecule has 0 aliphatic carbocycles. The van der Waals surface area contributed by atoms with E-state index in [1.54, 1.807) is 0 Å². The van der Waals surface area contributed by atoms with Gasteiger partial charge in [-0.3, -0.25) is 19.2 Å². The largest absolute Gasteiger partial charge is 0.496 e. The van der Waals surface area contributed by atoms with Crippen LogP contribution >= 0.6 is 0 Å². The second-order valence-corrected chi connectivity index (χ2v) is 7.03. The molecule has 10 nitrogen and oxygen atoms in total. The number of ketones is 1. The normalized spacial score (nSPS) is 16.7. The van der Waals surface area contributed by atoms with E-state index in [0.717, 1.165) is 0 Å². The standard InChI is InChI=1S/C23H22O10/c1-11(24)30-16-7-6-14(8-17(16)31-12(2)25)22-23(32-13(3)26)21(27)20-18(29-5)9-15(28-4)10-19(20)33-22/h6-10,22-23H,1-5H3. The van der Waals surface area contributed by atoms with E-state index in [1.165, 1.54) is 65.3 Å². The molecule has 33 heavy (non-hydrogen) atoms. The molecule has 0 saturated carbocycles. The lowest BCUT2D eigenvalue weighted by Crippen LogP contribution is -2.39. The summed E-state index contributed by atoms with van der Waals surface area (Å²) in [6, 6.07) is 7.28. The highest BCUT2D eigenvalue weighted by atomic mass is 16.6. The minimum atomic E-state index is -1.36. The molecule has 2 aromatic carbocycles. The van der Waals surface area contributed by atoms with Crippen LogP contribution in [0.2, 0.25) is 0 Å². The minimum absolute atomic E-state index is 0.00337. The molecule has 10 heteroatoms. The first-order chi connectivity index (χ1) is 15.6. The van der Waals surface area contributed by atoms with Crippen molar-refractivity contribution < 1.29 is 47.6 Å². The van der Waals surface area contributed by atoms with E-state index in [0.29, 0.717) is 11.3 Å². The molecule has 0 N–H and O–H groups in total. The first-order valence-corrected chi connectivity index (χ1v) is 9.79. The van der Waals surface area contributed by atoms with E-state index in [9.17, 15) is 19.2 Å². The lowest BCUT2D eigenvalue weighted by Gasteiger charge is -2.33. The molecular formula is C23H22O10. The predicted octanol–water partition coefficient (Wildman–Crippen LogP) is 2.80. The summed E-state index contributed by atoms with van der Waals surface area (Å²) in [6.45, 7) is 3.54. The zero-order valence-corrected chi connectivity index (χ0v) is 18.6. The average molecular weight is 458 g/mol. The van der Waals surface area contributed by atoms with Crippen molar-refractivity contribution in [3.63, 3.8) is 0 Å². The summed E-state index contributed by atoms with van der Waals surface area (Å²) < 4.78 is 32.2. The number of ether oxygens (including phenoxy) is 6. The molecular weight excluding hydrogens is 436 g/mol. The SMILES string of the molecule is COc1cc(OC)c2c(c1)OC(c1ccc(OC(C)=O)c(OC(C)=O)c1)C(OC(C)=O)C2=O. The van der Waals surface area contributed by atoms with Gasteiger partial charge in [-0.05, 0) is 12.1 Å². The van der Waals surface area contributed by atoms with Crippen LogP contribution in [0.15, 0.2) is 30.3 Å². The quantitative estimate of drug-likeness (QED) is 0.471. The van der Waals surface area contributed by atoms with Crippen LogP contribution in [0.4, 0.5) is 0 Å². The third-order valence-electron chi connectivity index (χ3n) is 4.63. The van der Waals surface area contributed by atoms with Gasteiger partial charge in [0.25, 0.3) is 0 Å². The Morgan fingerprint density at radius 1 is 0.818 bits per heavy atom. The Kier molecular flexibility index (Phi) is 6.86. The van der Waals surface area contributed by atoms with Crippen molar-refractivity contribution in [1.29, 1.82) is 0 Å². The summed E-state index contributed by atoms with van der Waals surface area (Å²) in [7, 11) is 2.83. The third-order valence-corrected chi connectivity index (χ3v) is 4.63. The topological polar surface area (TPSA) is 124 Å². The van der Waals surface area contributed by atoms with Crippen LogP contribution in [-0.4, -0.2) is 44.0 Å². The van der Waals surface area contributed by atoms with Crippen molar-refractivity contribution in [3.8, 4) is 28.7 Å². The Hall–Kier alpha value is -4.08. The van der Waals surface area contributed by atoms with Crippen molar-refractivity contribution in [3.05, 3.63) is 41.5 Å². The lowest BCUT2D eigenvalue weighted by atomic mass is 9.92. The number of hydrogen-bond acceptors (Lipinski definition) is 10. The van der Waals surface area contributed by atoms with E-state index in [1.807, 2.05) is 0 Å². The van der Waals surface area contributed by atoms with Crippen molar-refractivity contribution in [2.45, 2.75) is 33.0 Å². The monoisotopic (exact) mass is 458 g/mol. The van der Waals surface area contributed by atoms with E-state index >= 15 is 0 Å². The van der Waals surface area contributed by atoms with Gasteiger partial charge >= 0.3 is 17.9 Å². The highest BCUT2D eigenvalue weighted by Crippen LogP contribution is 2.44. The van der Waals surface area contributed by atoms with E-state index in [-0.39, 0.29) is 28.6 Å². The molecule has 0 fully saturated rings. The maximum absolute atomic E-state index is 13.4. The minimum Gasteiger partial charge on any atom is -0.496 e. The van der Waals surface area contributed by atoms with Crippen molar-refractivity contribution in [2.24, 2.45) is 0 Å². The molecule has 2 unspecified atom stereocenters. The summed E-state index contributed by atoms with van der Waals surface area (Å²) in [4.78, 5) is 48.1. The number of hydrogen-bond donors (Lipinski definition) is 0. The Bertz CT molecular complexity index is 1120. The van der Waals surface area contributed by atoms with Crippen molar-refractivity contribution in [1.82, 2.24) is 0 Å². The third kappa shape index (κ3) is 5.05. The van der Waals surface area contributed by atoms with E-state index in [2.05, 4.69) is 0 Å². The van der Waals surface area contributed by atoms with Gasteiger partial charge < -0.3 is 28.4 Å². The van der Waals surface area contributed by atoms with Gasteiger partial charge in [0.15, 0.2) is 17.6 Å². The summed E-state index contributed by atoms with van der Waals surface area (Å²) >= 11 is 0. The molecule has 2 aromatic rings. The summed E-state index contributed by atoms with van der Waals surface area (Å²) in [6.07, 6.45) is -2.46. The summed E-state index contributed by atoms with van der Waals surface area (Å²) in [5.41, 5.74) is 0.423. The van der Waals surface area contributed by atoms with Gasteiger partial charge in [0, 0.05) is 38.5 Å². The van der Waals surface area contributed by atoms with Gasteiger partial charge in [0.05, 0.1) is 14.2 Å². The fraction of sp³-hybridized carbons (Fsp3) is 0.304. The second kappa shape index (κ2) is 9.60. The van der Waals surface area contributed by atoms with Gasteiger partial charge in [0.1, 0.15) is 22.8 Å². The Morgan fingerprint density at radius 3 is 2.06 bits per heavy atom. The molecule has 3 rings (SSSR count). The Balaban J connectivity index is 2.14. The number of fused-ring (bicyclic) bond motifs is 1. The van der Waals surface area contributed by atoms with Crippen LogP contribution in [0.1, 0.15) is 42.8 Å². The molecule has 1 aliphatic heterocycles. The maximum atomic E-state index is 13.4. The zero-order valence-electron chi connectivity index (χ0n) is 18.6. The molecule has 0 amide bonds. The van der Waals surface area contributed by atoms with Gasteiger partial charge in [-0.25, -0.2) is 0 Å². The second-order valence-electron chi connectivity index (χ2n) is 7.03. The Morgan fingerprint density at radius 2 is 1.48 bits per heavy atom. The molecule has 2 atom stereocenters. The Labute approximate surface area is 189 Å². The van der Waals surface area contributed by atoms with Crippen LogP contribution in [0.25, 0.3) is 0 Å². The van der Waals surface area contributed by atoms with Crippen LogP contribution in [-0.2, 0) is 19.1 Å². The number of esters is 3. The average Bonchev–Trinajstić information content (AvgIpc) is 2.74. The van der Waals surface area contributed by atoms with Crippen LogP contribution < -0.4 is 23.7 Å². The highest BCUT2D eigenvalue weighted by Gasteiger charge is 2.43. The molecule has 0 spiro atoms. The zero-order chi connectivity index (χ0) is 24.3. The predicted molar refractivity (Wildman–Crippen MR) is 112 cm³/mol. The molecule has 1 heterocycles. The number of rotatable bonds is 6. The van der Waals surface area contributed by atoms with Gasteiger partial charge in [0.2, 0.25) is 11.9 Å². The maximum Gasteiger partial charge on any atom is 0.308 e. The van der Waals surface area contributed by atoms with Crippen molar-refractivity contribution >= 4 is 23.7 Å². The van der Waals surface area contributed by atoms with Crippen LogP contribution in [0.5, 0.6) is 28.7 Å². The van der Waals surface area contributed by atoms with Crippen LogP contribution in [0, 0.1) is 0 Å². The molecule has 0 bridgehead atoms. The van der Waals surface area contributed by atoms with Crippen molar-refractivity contribution in [2.75, 3.05) is 14.2 Å². The molecule has 174 valence electrons. The number of carbonyl (C=O) groups excluding carboxylic acids is 4. The summed E-state index contributed by atoms with van der Waals surface area (Å²) in [5, 5.41) is 0. The highest BCUT2D eigenvalue weighted by molar-refractivity contribution is 6.06. The molecule has 0 aromatic heterocycles. The smallest absolute Gasteiger partial charge is 0.308 e. The number of methoxy groups -OCH3 is 2. The van der Waals surface area contributed by atoms with Gasteiger partial charge in [-0.1, -0.05) is 6.07 Å². The van der Waals surface area contributed by atoms with Gasteiger partial charge in [-0.2, -0.15) is 0 Å². The lowest BCUT2D eigenvalue weighted by molar-refractivity contribution is -0.149. The van der Waals surface area contributed by atoms with Gasteiger partial charge in [-0.15, -0.1) is 0 Å². The number of benzene rings is 2. The molecule has 0 saturated heterocycles. The fourth-order valence-electron chi connectivity index (χ4n) is 3.37. The van der Waals surface area contributed by atoms with E-state index in [4.69, 9.17) is 28.4 Å². The fourth-order valence-corrected chi connectivity index (χ4v) is 3.37. The molecule has 1 aliphatic rings.